The maximum Gasteiger partial charge on any atom is 0.234 e. The fourth-order valence-electron chi connectivity index (χ4n) is 5.87. The highest BCUT2D eigenvalue weighted by Crippen LogP contribution is 2.77. The number of halogens is 1. The SMILES string of the molecule is O=C(Nc1ccc(-c2ccccc2)c(Cl)c1)[C@]12C[C@@]1(c1ccncc1)[C@@H]1CC[C@H]2O1. The van der Waals surface area contributed by atoms with E-state index in [4.69, 9.17) is 16.3 Å². The Kier molecular flexibility index (Phi) is 3.86. The van der Waals surface area contributed by atoms with Crippen LogP contribution in [0.25, 0.3) is 11.1 Å². The molecule has 1 N–H and O–H groups in total. The van der Waals surface area contributed by atoms with Gasteiger partial charge in [-0.25, -0.2) is 0 Å². The summed E-state index contributed by atoms with van der Waals surface area (Å²) in [5.41, 5.74) is 3.17. The van der Waals surface area contributed by atoms with Gasteiger partial charge in [-0.15, -0.1) is 0 Å². The van der Waals surface area contributed by atoms with E-state index in [1.165, 1.54) is 0 Å². The smallest absolute Gasteiger partial charge is 0.234 e. The Morgan fingerprint density at radius 3 is 2.57 bits per heavy atom. The third kappa shape index (κ3) is 2.32. The van der Waals surface area contributed by atoms with Gasteiger partial charge in [0.25, 0.3) is 0 Å². The van der Waals surface area contributed by atoms with E-state index in [9.17, 15) is 4.79 Å². The van der Waals surface area contributed by atoms with Crippen molar-refractivity contribution in [1.29, 1.82) is 0 Å². The summed E-state index contributed by atoms with van der Waals surface area (Å²) >= 11 is 6.56. The number of benzene rings is 2. The minimum absolute atomic E-state index is 0.0188. The highest BCUT2D eigenvalue weighted by atomic mass is 35.5. The molecule has 1 aliphatic carbocycles. The fourth-order valence-corrected chi connectivity index (χ4v) is 6.16. The van der Waals surface area contributed by atoms with Gasteiger partial charge in [0.1, 0.15) is 0 Å². The molecule has 1 amide bonds. The Balaban J connectivity index is 1.30. The number of nitrogens with zero attached hydrogens (tertiary/aromatic N) is 1. The molecular weight excluding hydrogens is 396 g/mol. The largest absolute Gasteiger partial charge is 0.373 e. The van der Waals surface area contributed by atoms with Gasteiger partial charge in [-0.2, -0.15) is 0 Å². The van der Waals surface area contributed by atoms with Crippen LogP contribution in [0.5, 0.6) is 0 Å². The Labute approximate surface area is 180 Å². The first-order chi connectivity index (χ1) is 14.6. The normalized spacial score (nSPS) is 30.7. The molecule has 0 spiro atoms. The lowest BCUT2D eigenvalue weighted by atomic mass is 9.75. The highest BCUT2D eigenvalue weighted by Gasteiger charge is 2.85. The van der Waals surface area contributed by atoms with Crippen molar-refractivity contribution in [2.75, 3.05) is 5.32 Å². The van der Waals surface area contributed by atoms with Crippen molar-refractivity contribution in [3.05, 3.63) is 83.6 Å². The standard InChI is InChI=1S/C25H21ClN2O2/c26-20-14-18(6-7-19(20)16-4-2-1-3-5-16)28-23(29)25-15-24(25,17-10-12-27-13-11-17)21-8-9-22(25)30-21/h1-7,10-14,21-22H,8-9,15H2,(H,28,29)/t21-,22+,24+,25+/m0/s1. The lowest BCUT2D eigenvalue weighted by molar-refractivity contribution is -0.124. The Bertz CT molecular complexity index is 1140. The number of fused-ring (bicyclic) bond motifs is 5. The van der Waals surface area contributed by atoms with Crippen molar-refractivity contribution in [2.24, 2.45) is 5.41 Å². The Hall–Kier alpha value is -2.69. The van der Waals surface area contributed by atoms with E-state index in [0.717, 1.165) is 41.6 Å². The number of hydrogen-bond donors (Lipinski definition) is 1. The predicted octanol–water partition coefficient (Wildman–Crippen LogP) is 5.23. The predicted molar refractivity (Wildman–Crippen MR) is 116 cm³/mol. The summed E-state index contributed by atoms with van der Waals surface area (Å²) in [7, 11) is 0. The molecular formula is C25H21ClN2O2. The summed E-state index contributed by atoms with van der Waals surface area (Å²) in [5, 5.41) is 3.77. The molecule has 4 atom stereocenters. The first-order valence-electron chi connectivity index (χ1n) is 10.4. The number of ether oxygens (including phenoxy) is 1. The third-order valence-electron chi connectivity index (χ3n) is 7.26. The molecule has 1 aromatic heterocycles. The minimum Gasteiger partial charge on any atom is -0.373 e. The molecule has 0 radical (unpaired) electrons. The molecule has 1 saturated carbocycles. The number of carbonyl (C=O) groups is 1. The topological polar surface area (TPSA) is 51.2 Å². The van der Waals surface area contributed by atoms with Crippen LogP contribution >= 0.6 is 11.6 Å². The maximum atomic E-state index is 13.6. The number of aromatic nitrogens is 1. The quantitative estimate of drug-likeness (QED) is 0.633. The van der Waals surface area contributed by atoms with Gasteiger partial charge in [0.15, 0.2) is 0 Å². The molecule has 3 aliphatic rings. The van der Waals surface area contributed by atoms with Crippen LogP contribution < -0.4 is 5.32 Å². The molecule has 150 valence electrons. The van der Waals surface area contributed by atoms with Crippen molar-refractivity contribution in [3.8, 4) is 11.1 Å². The number of hydrogen-bond acceptors (Lipinski definition) is 3. The van der Waals surface area contributed by atoms with Gasteiger partial charge < -0.3 is 10.1 Å². The summed E-state index contributed by atoms with van der Waals surface area (Å²) in [6.07, 6.45) is 6.49. The van der Waals surface area contributed by atoms with E-state index in [2.05, 4.69) is 10.3 Å². The summed E-state index contributed by atoms with van der Waals surface area (Å²) in [6.45, 7) is 0. The van der Waals surface area contributed by atoms with E-state index in [-0.39, 0.29) is 23.5 Å². The van der Waals surface area contributed by atoms with Gasteiger partial charge in [0.2, 0.25) is 5.91 Å². The van der Waals surface area contributed by atoms with Gasteiger partial charge in [0, 0.05) is 29.1 Å². The zero-order chi connectivity index (χ0) is 20.3. The van der Waals surface area contributed by atoms with Crippen molar-refractivity contribution in [1.82, 2.24) is 4.98 Å². The minimum atomic E-state index is -0.498. The molecule has 2 aromatic carbocycles. The van der Waals surface area contributed by atoms with Crippen LogP contribution in [-0.4, -0.2) is 23.1 Å². The number of nitrogens with one attached hydrogen (secondary N) is 1. The molecule has 6 rings (SSSR count). The molecule has 2 saturated heterocycles. The van der Waals surface area contributed by atoms with Crippen LogP contribution in [0.4, 0.5) is 5.69 Å². The van der Waals surface area contributed by atoms with E-state index in [1.54, 1.807) is 12.4 Å². The number of rotatable bonds is 4. The van der Waals surface area contributed by atoms with Gasteiger partial charge in [-0.05, 0) is 54.7 Å². The average Bonchev–Trinajstić information content (AvgIpc) is 3.19. The van der Waals surface area contributed by atoms with Crippen molar-refractivity contribution in [3.63, 3.8) is 0 Å². The van der Waals surface area contributed by atoms with E-state index in [1.807, 2.05) is 60.7 Å². The molecule has 30 heavy (non-hydrogen) atoms. The van der Waals surface area contributed by atoms with Crippen LogP contribution in [-0.2, 0) is 14.9 Å². The van der Waals surface area contributed by atoms with E-state index in [0.29, 0.717) is 5.02 Å². The van der Waals surface area contributed by atoms with Gasteiger partial charge in [0.05, 0.1) is 22.6 Å². The first kappa shape index (κ1) is 18.1. The van der Waals surface area contributed by atoms with Crippen LogP contribution in [0.1, 0.15) is 24.8 Å². The van der Waals surface area contributed by atoms with E-state index >= 15 is 0 Å². The van der Waals surface area contributed by atoms with Crippen molar-refractivity contribution >= 4 is 23.2 Å². The van der Waals surface area contributed by atoms with Crippen molar-refractivity contribution < 1.29 is 9.53 Å². The molecule has 5 heteroatoms. The lowest BCUT2D eigenvalue weighted by Crippen LogP contribution is -2.39. The van der Waals surface area contributed by atoms with Crippen LogP contribution in [0.15, 0.2) is 73.1 Å². The lowest BCUT2D eigenvalue weighted by Gasteiger charge is -2.26. The molecule has 3 heterocycles. The van der Waals surface area contributed by atoms with Crippen molar-refractivity contribution in [2.45, 2.75) is 36.9 Å². The second kappa shape index (κ2) is 6.40. The molecule has 3 aromatic rings. The molecule has 0 unspecified atom stereocenters. The van der Waals surface area contributed by atoms with Crippen LogP contribution in [0, 0.1) is 5.41 Å². The second-order valence-corrected chi connectivity index (χ2v) is 8.97. The number of pyridine rings is 1. The van der Waals surface area contributed by atoms with Gasteiger partial charge in [-0.1, -0.05) is 48.0 Å². The van der Waals surface area contributed by atoms with Crippen LogP contribution in [0.2, 0.25) is 5.02 Å². The van der Waals surface area contributed by atoms with E-state index < -0.39 is 5.41 Å². The number of anilines is 1. The fraction of sp³-hybridized carbons (Fsp3) is 0.280. The average molecular weight is 417 g/mol. The first-order valence-corrected chi connectivity index (χ1v) is 10.8. The molecule has 2 bridgehead atoms. The molecule has 4 nitrogen and oxygen atoms in total. The summed E-state index contributed by atoms with van der Waals surface area (Å²) in [6, 6.07) is 19.8. The maximum absolute atomic E-state index is 13.6. The van der Waals surface area contributed by atoms with Crippen LogP contribution in [0.3, 0.4) is 0 Å². The summed E-state index contributed by atoms with van der Waals surface area (Å²) in [4.78, 5) is 17.7. The zero-order valence-electron chi connectivity index (χ0n) is 16.3. The summed E-state index contributed by atoms with van der Waals surface area (Å²) in [5.74, 6) is 0.0371. The number of amides is 1. The molecule has 2 aliphatic heterocycles. The zero-order valence-corrected chi connectivity index (χ0v) is 17.1. The summed E-state index contributed by atoms with van der Waals surface area (Å²) < 4.78 is 6.25. The van der Waals surface area contributed by atoms with Gasteiger partial charge in [-0.3, -0.25) is 9.78 Å². The second-order valence-electron chi connectivity index (χ2n) is 8.56. The Morgan fingerprint density at radius 1 is 1.03 bits per heavy atom. The van der Waals surface area contributed by atoms with Gasteiger partial charge >= 0.3 is 0 Å². The number of carbonyl (C=O) groups excluding carboxylic acids is 1. The Morgan fingerprint density at radius 2 is 1.80 bits per heavy atom. The monoisotopic (exact) mass is 416 g/mol. The molecule has 3 fully saturated rings. The highest BCUT2D eigenvalue weighted by molar-refractivity contribution is 6.33. The third-order valence-corrected chi connectivity index (χ3v) is 7.57.